The quantitative estimate of drug-likeness (QED) is 0.585. The minimum Gasteiger partial charge on any atom is -0.0654 e. The highest BCUT2D eigenvalue weighted by atomic mass is 14.9. The lowest BCUT2D eigenvalue weighted by Gasteiger charge is -2.92. The molecule has 0 radical (unpaired) electrons. The zero-order chi connectivity index (χ0) is 7.97. The van der Waals surface area contributed by atoms with Crippen LogP contribution >= 0.6 is 0 Å². The Hall–Kier alpha value is 0. The molecule has 2 atom stereocenters. The van der Waals surface area contributed by atoms with Gasteiger partial charge in [-0.3, -0.25) is 0 Å². The lowest BCUT2D eigenvalue weighted by atomic mass is 9.13. The summed E-state index contributed by atoms with van der Waals surface area (Å²) in [7, 11) is 0. The molecule has 12 heavy (non-hydrogen) atoms. The fraction of sp³-hybridized carbons (Fsp3) is 1.00. The maximum atomic E-state index is 2.37. The molecule has 0 saturated heterocycles. The highest BCUT2D eigenvalue weighted by Gasteiger charge is 2.86. The molecular formula is C12H18. The SMILES string of the molecule is CCCC12CC3CC4CC(C1)C432. The van der Waals surface area contributed by atoms with E-state index in [1.165, 1.54) is 24.2 Å². The molecule has 0 heteroatoms. The van der Waals surface area contributed by atoms with E-state index in [1.807, 2.05) is 0 Å². The molecule has 4 saturated carbocycles. The topological polar surface area (TPSA) is 0 Å². The predicted octanol–water partition coefficient (Wildman–Crippen LogP) is 3.22. The van der Waals surface area contributed by atoms with E-state index in [2.05, 4.69) is 6.92 Å². The highest BCUT2D eigenvalue weighted by molar-refractivity contribution is 5.34. The third-order valence-electron chi connectivity index (χ3n) is 6.09. The molecule has 1 spiro atoms. The lowest BCUT2D eigenvalue weighted by molar-refractivity contribution is -0.433. The molecule has 0 bridgehead atoms. The van der Waals surface area contributed by atoms with Crippen molar-refractivity contribution in [2.24, 2.45) is 28.6 Å². The summed E-state index contributed by atoms with van der Waals surface area (Å²) >= 11 is 0. The van der Waals surface area contributed by atoms with Crippen molar-refractivity contribution in [1.29, 1.82) is 0 Å². The monoisotopic (exact) mass is 162 g/mol. The van der Waals surface area contributed by atoms with E-state index in [-0.39, 0.29) is 0 Å². The number of rotatable bonds is 2. The minimum atomic E-state index is 0.929. The van der Waals surface area contributed by atoms with Crippen molar-refractivity contribution < 1.29 is 0 Å². The fourth-order valence-corrected chi connectivity index (χ4v) is 6.06. The summed E-state index contributed by atoms with van der Waals surface area (Å²) in [5.74, 6) is 3.67. The molecule has 2 unspecified atom stereocenters. The Morgan fingerprint density at radius 3 is 2.17 bits per heavy atom. The van der Waals surface area contributed by atoms with Crippen LogP contribution in [0, 0.1) is 28.6 Å². The fourth-order valence-electron chi connectivity index (χ4n) is 6.06. The largest absolute Gasteiger partial charge is 0.0654 e. The van der Waals surface area contributed by atoms with Crippen LogP contribution in [0.2, 0.25) is 0 Å². The molecule has 0 N–H and O–H groups in total. The summed E-state index contributed by atoms with van der Waals surface area (Å²) < 4.78 is 0. The smallest absolute Gasteiger partial charge is 0.0155 e. The second kappa shape index (κ2) is 1.51. The van der Waals surface area contributed by atoms with E-state index in [1.54, 1.807) is 32.1 Å². The van der Waals surface area contributed by atoms with E-state index in [9.17, 15) is 0 Å². The number of hydrogen-bond acceptors (Lipinski definition) is 0. The third kappa shape index (κ3) is 0.337. The Kier molecular flexibility index (Phi) is 0.811. The molecule has 66 valence electrons. The predicted molar refractivity (Wildman–Crippen MR) is 48.7 cm³/mol. The average molecular weight is 162 g/mol. The van der Waals surface area contributed by atoms with E-state index < -0.39 is 0 Å². The molecule has 0 aromatic carbocycles. The minimum absolute atomic E-state index is 0.929. The Morgan fingerprint density at radius 2 is 1.75 bits per heavy atom. The maximum absolute atomic E-state index is 2.37. The van der Waals surface area contributed by atoms with E-state index in [0.717, 1.165) is 10.8 Å². The van der Waals surface area contributed by atoms with Crippen LogP contribution in [0.4, 0.5) is 0 Å². The van der Waals surface area contributed by atoms with Crippen LogP contribution in [0.1, 0.15) is 45.4 Å². The Balaban J connectivity index is 1.70. The van der Waals surface area contributed by atoms with E-state index in [4.69, 9.17) is 0 Å². The molecule has 0 aromatic heterocycles. The van der Waals surface area contributed by atoms with Crippen LogP contribution in [0.5, 0.6) is 0 Å². The average Bonchev–Trinajstić information content (AvgIpc) is 1.90. The van der Waals surface area contributed by atoms with Crippen molar-refractivity contribution in [3.63, 3.8) is 0 Å². The summed E-state index contributed by atoms with van der Waals surface area (Å²) in [6.07, 6.45) is 9.52. The molecule has 4 rings (SSSR count). The van der Waals surface area contributed by atoms with Gasteiger partial charge >= 0.3 is 0 Å². The summed E-state index contributed by atoms with van der Waals surface area (Å²) in [6.45, 7) is 2.37. The maximum Gasteiger partial charge on any atom is -0.0155 e. The second-order valence-electron chi connectivity index (χ2n) is 5.93. The van der Waals surface area contributed by atoms with Crippen molar-refractivity contribution in [3.05, 3.63) is 0 Å². The zero-order valence-corrected chi connectivity index (χ0v) is 7.97. The van der Waals surface area contributed by atoms with Crippen molar-refractivity contribution in [3.8, 4) is 0 Å². The van der Waals surface area contributed by atoms with Crippen LogP contribution in [0.15, 0.2) is 0 Å². The van der Waals surface area contributed by atoms with Crippen LogP contribution in [0.3, 0.4) is 0 Å². The van der Waals surface area contributed by atoms with Crippen molar-refractivity contribution in [2.75, 3.05) is 0 Å². The molecule has 4 aliphatic rings. The van der Waals surface area contributed by atoms with Crippen molar-refractivity contribution >= 4 is 0 Å². The van der Waals surface area contributed by atoms with Gasteiger partial charge in [-0.1, -0.05) is 13.3 Å². The third-order valence-corrected chi connectivity index (χ3v) is 6.09. The molecule has 0 aromatic rings. The van der Waals surface area contributed by atoms with Gasteiger partial charge in [-0.15, -0.1) is 0 Å². The van der Waals surface area contributed by atoms with Crippen LogP contribution in [-0.4, -0.2) is 0 Å². The lowest BCUT2D eigenvalue weighted by Crippen LogP contribution is -2.85. The van der Waals surface area contributed by atoms with Gasteiger partial charge in [-0.25, -0.2) is 0 Å². The van der Waals surface area contributed by atoms with E-state index in [0.29, 0.717) is 0 Å². The highest BCUT2D eigenvalue weighted by Crippen LogP contribution is 2.93. The molecule has 0 nitrogen and oxygen atoms in total. The second-order valence-corrected chi connectivity index (χ2v) is 5.93. The van der Waals surface area contributed by atoms with Crippen molar-refractivity contribution in [2.45, 2.75) is 45.4 Å². The van der Waals surface area contributed by atoms with Crippen LogP contribution in [0.25, 0.3) is 0 Å². The van der Waals surface area contributed by atoms with Gasteiger partial charge < -0.3 is 0 Å². The zero-order valence-electron chi connectivity index (χ0n) is 7.97. The summed E-state index contributed by atoms with van der Waals surface area (Å²) in [4.78, 5) is 0. The first-order valence-electron chi connectivity index (χ1n) is 5.83. The molecular weight excluding hydrogens is 144 g/mol. The first-order valence-corrected chi connectivity index (χ1v) is 5.83. The van der Waals surface area contributed by atoms with Crippen LogP contribution < -0.4 is 0 Å². The van der Waals surface area contributed by atoms with Gasteiger partial charge in [0.05, 0.1) is 0 Å². The normalized spacial score (nSPS) is 69.2. The van der Waals surface area contributed by atoms with E-state index >= 15 is 0 Å². The van der Waals surface area contributed by atoms with Gasteiger partial charge in [0.25, 0.3) is 0 Å². The molecule has 4 fully saturated rings. The molecule has 4 aliphatic carbocycles. The summed E-state index contributed by atoms with van der Waals surface area (Å²) in [5, 5.41) is 0. The van der Waals surface area contributed by atoms with Gasteiger partial charge in [0, 0.05) is 0 Å². The Bertz CT molecular complexity index is 222. The molecule has 0 aliphatic heterocycles. The molecule has 0 amide bonds. The van der Waals surface area contributed by atoms with Gasteiger partial charge in [-0.05, 0) is 60.7 Å². The summed E-state index contributed by atoms with van der Waals surface area (Å²) in [5.41, 5.74) is 1.93. The van der Waals surface area contributed by atoms with Gasteiger partial charge in [-0.2, -0.15) is 0 Å². The molecule has 0 heterocycles. The summed E-state index contributed by atoms with van der Waals surface area (Å²) in [6, 6.07) is 0. The standard InChI is InChI=1S/C12H18/c1-2-3-11-6-9-4-8-5-10(7-11)12(8,9)11/h8-10H,2-7H2,1H3. The van der Waals surface area contributed by atoms with Crippen molar-refractivity contribution in [1.82, 2.24) is 0 Å². The van der Waals surface area contributed by atoms with Gasteiger partial charge in [0.1, 0.15) is 0 Å². The Morgan fingerprint density at radius 1 is 1.08 bits per heavy atom. The van der Waals surface area contributed by atoms with Gasteiger partial charge in [0.15, 0.2) is 0 Å². The van der Waals surface area contributed by atoms with Crippen LogP contribution in [-0.2, 0) is 0 Å². The first-order chi connectivity index (χ1) is 5.83. The van der Waals surface area contributed by atoms with Gasteiger partial charge in [0.2, 0.25) is 0 Å². The Labute approximate surface area is 74.7 Å². The first kappa shape index (κ1) is 6.45. The number of hydrogen-bond donors (Lipinski definition) is 0.